The van der Waals surface area contributed by atoms with Gasteiger partial charge in [-0.2, -0.15) is 0 Å². The predicted molar refractivity (Wildman–Crippen MR) is 112 cm³/mol. The second-order valence-electron chi connectivity index (χ2n) is 7.34. The quantitative estimate of drug-likeness (QED) is 0.653. The van der Waals surface area contributed by atoms with E-state index in [-0.39, 0.29) is 25.5 Å². The van der Waals surface area contributed by atoms with E-state index in [1.807, 2.05) is 30.3 Å². The molecule has 1 aromatic rings. The Morgan fingerprint density at radius 1 is 1.20 bits per heavy atom. The van der Waals surface area contributed by atoms with Crippen LogP contribution in [-0.2, 0) is 25.7 Å². The number of carbonyl (C=O) groups excluding carboxylic acids is 3. The van der Waals surface area contributed by atoms with Crippen LogP contribution in [-0.4, -0.2) is 75.8 Å². The van der Waals surface area contributed by atoms with E-state index in [1.54, 1.807) is 11.8 Å². The Morgan fingerprint density at radius 2 is 1.97 bits per heavy atom. The predicted octanol–water partition coefficient (Wildman–Crippen LogP) is 2.00. The van der Waals surface area contributed by atoms with Crippen molar-refractivity contribution in [3.05, 3.63) is 35.9 Å². The number of thioether (sulfide) groups is 1. The molecular weight excluding hydrogens is 408 g/mol. The molecule has 1 unspecified atom stereocenters. The third kappa shape index (κ3) is 5.46. The lowest BCUT2D eigenvalue weighted by atomic mass is 10.1. The maximum Gasteiger partial charge on any atom is 0.410 e. The van der Waals surface area contributed by atoms with Crippen molar-refractivity contribution in [2.75, 3.05) is 24.8 Å². The molecular formula is C21H28N2O6S. The van der Waals surface area contributed by atoms with E-state index in [9.17, 15) is 19.5 Å². The molecule has 8 nitrogen and oxygen atoms in total. The first-order valence-electron chi connectivity index (χ1n) is 10.2. The maximum absolute atomic E-state index is 13.2. The highest BCUT2D eigenvalue weighted by Crippen LogP contribution is 2.29. The summed E-state index contributed by atoms with van der Waals surface area (Å²) < 4.78 is 10.3. The number of likely N-dealkylation sites (tertiary alicyclic amines) is 1. The number of aliphatic hydroxyl groups excluding tert-OH is 1. The van der Waals surface area contributed by atoms with Crippen molar-refractivity contribution in [1.29, 1.82) is 0 Å². The molecule has 2 heterocycles. The molecule has 0 aromatic heterocycles. The lowest BCUT2D eigenvalue weighted by molar-refractivity contribution is -0.148. The van der Waals surface area contributed by atoms with Crippen LogP contribution in [0, 0.1) is 0 Å². The SMILES string of the molecule is CCOC(=O)C[C@@H](O)C1CSCN1C(=O)[C@@H]1CCCN1C(=O)OCc1ccccc1. The zero-order chi connectivity index (χ0) is 21.5. The number of ether oxygens (including phenoxy) is 2. The molecule has 0 aliphatic carbocycles. The van der Waals surface area contributed by atoms with Crippen LogP contribution in [0.25, 0.3) is 0 Å². The molecule has 2 amide bonds. The van der Waals surface area contributed by atoms with Crippen molar-refractivity contribution in [2.45, 2.75) is 51.0 Å². The van der Waals surface area contributed by atoms with E-state index in [1.165, 1.54) is 16.7 Å². The summed E-state index contributed by atoms with van der Waals surface area (Å²) in [6.45, 7) is 2.56. The van der Waals surface area contributed by atoms with Gasteiger partial charge in [-0.1, -0.05) is 30.3 Å². The largest absolute Gasteiger partial charge is 0.466 e. The van der Waals surface area contributed by atoms with Gasteiger partial charge in [0, 0.05) is 12.3 Å². The molecule has 2 aliphatic heterocycles. The molecule has 3 atom stereocenters. The molecule has 2 aliphatic rings. The first-order valence-corrected chi connectivity index (χ1v) is 11.4. The van der Waals surface area contributed by atoms with Gasteiger partial charge in [0.1, 0.15) is 12.6 Å². The summed E-state index contributed by atoms with van der Waals surface area (Å²) in [6.07, 6.45) is -0.390. The highest BCUT2D eigenvalue weighted by Gasteiger charge is 2.43. The van der Waals surface area contributed by atoms with Gasteiger partial charge in [0.25, 0.3) is 0 Å². The molecule has 9 heteroatoms. The minimum atomic E-state index is -0.997. The molecule has 0 bridgehead atoms. The number of nitrogens with zero attached hydrogens (tertiary/aromatic N) is 2. The average molecular weight is 437 g/mol. The van der Waals surface area contributed by atoms with E-state index in [0.717, 1.165) is 5.56 Å². The number of benzene rings is 1. The topological polar surface area (TPSA) is 96.4 Å². The van der Waals surface area contributed by atoms with Gasteiger partial charge in [-0.05, 0) is 25.3 Å². The second kappa shape index (κ2) is 10.7. The van der Waals surface area contributed by atoms with Gasteiger partial charge in [-0.15, -0.1) is 11.8 Å². The van der Waals surface area contributed by atoms with Crippen LogP contribution in [0.4, 0.5) is 4.79 Å². The van der Waals surface area contributed by atoms with Crippen LogP contribution in [0.3, 0.4) is 0 Å². The van der Waals surface area contributed by atoms with Gasteiger partial charge < -0.3 is 19.5 Å². The zero-order valence-electron chi connectivity index (χ0n) is 17.1. The first kappa shape index (κ1) is 22.4. The number of esters is 1. The highest BCUT2D eigenvalue weighted by molar-refractivity contribution is 7.99. The summed E-state index contributed by atoms with van der Waals surface area (Å²) in [6, 6.07) is 8.30. The van der Waals surface area contributed by atoms with Crippen LogP contribution >= 0.6 is 11.8 Å². The fraction of sp³-hybridized carbons (Fsp3) is 0.571. The lowest BCUT2D eigenvalue weighted by Crippen LogP contribution is -2.52. The third-order valence-corrected chi connectivity index (χ3v) is 6.34. The van der Waals surface area contributed by atoms with E-state index < -0.39 is 30.3 Å². The Labute approximate surface area is 180 Å². The van der Waals surface area contributed by atoms with Crippen molar-refractivity contribution in [3.8, 4) is 0 Å². The van der Waals surface area contributed by atoms with Crippen molar-refractivity contribution in [2.24, 2.45) is 0 Å². The Morgan fingerprint density at radius 3 is 2.70 bits per heavy atom. The number of rotatable bonds is 7. The van der Waals surface area contributed by atoms with Gasteiger partial charge in [0.05, 0.1) is 31.1 Å². The smallest absolute Gasteiger partial charge is 0.410 e. The molecule has 1 N–H and O–H groups in total. The van der Waals surface area contributed by atoms with Crippen molar-refractivity contribution < 1.29 is 29.0 Å². The number of hydrogen-bond donors (Lipinski definition) is 1. The molecule has 0 saturated carbocycles. The molecule has 3 rings (SSSR count). The second-order valence-corrected chi connectivity index (χ2v) is 8.34. The summed E-state index contributed by atoms with van der Waals surface area (Å²) in [5, 5.41) is 10.5. The third-order valence-electron chi connectivity index (χ3n) is 5.31. The fourth-order valence-electron chi connectivity index (χ4n) is 3.77. The minimum absolute atomic E-state index is 0.150. The summed E-state index contributed by atoms with van der Waals surface area (Å²) in [5.74, 6) is 0.271. The Hall–Kier alpha value is -2.26. The highest BCUT2D eigenvalue weighted by atomic mass is 32.2. The Kier molecular flexibility index (Phi) is 7.98. The molecule has 2 fully saturated rings. The summed E-state index contributed by atoms with van der Waals surface area (Å²) in [7, 11) is 0. The first-order chi connectivity index (χ1) is 14.5. The number of carbonyl (C=O) groups is 3. The van der Waals surface area contributed by atoms with Crippen molar-refractivity contribution in [1.82, 2.24) is 9.80 Å². The van der Waals surface area contributed by atoms with Crippen LogP contribution in [0.1, 0.15) is 31.7 Å². The fourth-order valence-corrected chi connectivity index (χ4v) is 5.03. The number of hydrogen-bond acceptors (Lipinski definition) is 7. The number of amides is 2. The van der Waals surface area contributed by atoms with Gasteiger partial charge in [0.2, 0.25) is 5.91 Å². The summed E-state index contributed by atoms with van der Waals surface area (Å²) in [4.78, 5) is 40.6. The van der Waals surface area contributed by atoms with Crippen LogP contribution in [0.15, 0.2) is 30.3 Å². The van der Waals surface area contributed by atoms with Gasteiger partial charge >= 0.3 is 12.1 Å². The van der Waals surface area contributed by atoms with Crippen LogP contribution in [0.2, 0.25) is 0 Å². The summed E-state index contributed by atoms with van der Waals surface area (Å²) >= 11 is 1.52. The van der Waals surface area contributed by atoms with E-state index in [2.05, 4.69) is 0 Å². The molecule has 164 valence electrons. The zero-order valence-corrected chi connectivity index (χ0v) is 17.9. The standard InChI is InChI=1S/C21H28N2O6S/c1-2-28-19(25)11-18(24)17-13-30-14-23(17)20(26)16-9-6-10-22(16)21(27)29-12-15-7-4-3-5-8-15/h3-5,7-8,16-18,24H,2,6,9-14H2,1H3/t16-,17?,18+/m0/s1. The van der Waals surface area contributed by atoms with E-state index in [0.29, 0.717) is 31.0 Å². The normalized spacial score (nSPS) is 22.1. The minimum Gasteiger partial charge on any atom is -0.466 e. The molecule has 1 aromatic carbocycles. The molecule has 30 heavy (non-hydrogen) atoms. The monoisotopic (exact) mass is 436 g/mol. The van der Waals surface area contributed by atoms with Gasteiger partial charge in [0.15, 0.2) is 0 Å². The van der Waals surface area contributed by atoms with E-state index in [4.69, 9.17) is 9.47 Å². The van der Waals surface area contributed by atoms with Crippen LogP contribution < -0.4 is 0 Å². The number of aliphatic hydroxyl groups is 1. The molecule has 0 spiro atoms. The van der Waals surface area contributed by atoms with Crippen LogP contribution in [0.5, 0.6) is 0 Å². The Bertz CT molecular complexity index is 746. The van der Waals surface area contributed by atoms with Gasteiger partial charge in [-0.25, -0.2) is 4.79 Å². The van der Waals surface area contributed by atoms with Crippen molar-refractivity contribution in [3.63, 3.8) is 0 Å². The lowest BCUT2D eigenvalue weighted by Gasteiger charge is -2.32. The van der Waals surface area contributed by atoms with Gasteiger partial charge in [-0.3, -0.25) is 14.5 Å². The van der Waals surface area contributed by atoms with E-state index >= 15 is 0 Å². The maximum atomic E-state index is 13.2. The average Bonchev–Trinajstić information content (AvgIpc) is 3.42. The molecule has 0 radical (unpaired) electrons. The summed E-state index contributed by atoms with van der Waals surface area (Å²) in [5.41, 5.74) is 0.881. The molecule has 2 saturated heterocycles. The Balaban J connectivity index is 1.59. The van der Waals surface area contributed by atoms with Crippen molar-refractivity contribution >= 4 is 29.7 Å².